The third kappa shape index (κ3) is 3.33. The van der Waals surface area contributed by atoms with Gasteiger partial charge in [-0.15, -0.1) is 0 Å². The third-order valence-corrected chi connectivity index (χ3v) is 5.01. The van der Waals surface area contributed by atoms with Crippen LogP contribution in [0.15, 0.2) is 24.3 Å². The number of halogens is 1. The third-order valence-electron chi connectivity index (χ3n) is 3.77. The van der Waals surface area contributed by atoms with Crippen molar-refractivity contribution in [3.8, 4) is 0 Å². The van der Waals surface area contributed by atoms with Crippen LogP contribution < -0.4 is 5.32 Å². The molecule has 0 spiro atoms. The lowest BCUT2D eigenvalue weighted by molar-refractivity contribution is -0.126. The van der Waals surface area contributed by atoms with Crippen LogP contribution in [0.3, 0.4) is 0 Å². The number of aliphatic hydroxyl groups is 1. The van der Waals surface area contributed by atoms with Crippen molar-refractivity contribution in [3.63, 3.8) is 0 Å². The van der Waals surface area contributed by atoms with Crippen LogP contribution in [-0.2, 0) is 10.2 Å². The molecule has 1 amide bonds. The Bertz CT molecular complexity index is 498. The summed E-state index contributed by atoms with van der Waals surface area (Å²) in [6, 6.07) is 6.07. The molecule has 1 aromatic carbocycles. The molecular formula is C15H20FNO2S. The Labute approximate surface area is 123 Å². The smallest absolute Gasteiger partial charge is 0.230 e. The van der Waals surface area contributed by atoms with E-state index in [2.05, 4.69) is 5.32 Å². The van der Waals surface area contributed by atoms with Gasteiger partial charge in [-0.1, -0.05) is 12.1 Å². The van der Waals surface area contributed by atoms with Crippen molar-refractivity contribution < 1.29 is 14.3 Å². The van der Waals surface area contributed by atoms with Gasteiger partial charge in [0.25, 0.3) is 0 Å². The molecule has 2 N–H and O–H groups in total. The first-order valence-electron chi connectivity index (χ1n) is 6.68. The number of rotatable bonds is 4. The molecule has 2 rings (SSSR count). The lowest BCUT2D eigenvalue weighted by Crippen LogP contribution is -2.48. The number of hydrogen-bond acceptors (Lipinski definition) is 3. The minimum Gasteiger partial charge on any atom is -0.387 e. The first kappa shape index (κ1) is 15.3. The van der Waals surface area contributed by atoms with Crippen molar-refractivity contribution in [2.24, 2.45) is 0 Å². The zero-order chi connectivity index (χ0) is 14.8. The Kier molecular flexibility index (Phi) is 4.39. The SMILES string of the molecule is CC(C)(C(=O)NC[C@@]1(O)CCSC1)c1cccc(F)c1. The van der Waals surface area contributed by atoms with E-state index in [0.29, 0.717) is 17.7 Å². The number of amides is 1. The number of thioether (sulfide) groups is 1. The van der Waals surface area contributed by atoms with Gasteiger partial charge in [0.2, 0.25) is 5.91 Å². The van der Waals surface area contributed by atoms with Gasteiger partial charge in [-0.3, -0.25) is 4.79 Å². The molecule has 110 valence electrons. The first-order valence-corrected chi connectivity index (χ1v) is 7.83. The summed E-state index contributed by atoms with van der Waals surface area (Å²) in [7, 11) is 0. The molecule has 0 saturated carbocycles. The van der Waals surface area contributed by atoms with Crippen LogP contribution in [0.1, 0.15) is 25.8 Å². The molecule has 1 saturated heterocycles. The van der Waals surface area contributed by atoms with Gasteiger partial charge in [0.1, 0.15) is 5.82 Å². The van der Waals surface area contributed by atoms with Crippen LogP contribution in [-0.4, -0.2) is 34.7 Å². The van der Waals surface area contributed by atoms with Gasteiger partial charge >= 0.3 is 0 Å². The summed E-state index contributed by atoms with van der Waals surface area (Å²) in [6.07, 6.45) is 0.693. The lowest BCUT2D eigenvalue weighted by atomic mass is 9.83. The van der Waals surface area contributed by atoms with Crippen LogP contribution >= 0.6 is 11.8 Å². The standard InChI is InChI=1S/C15H20FNO2S/c1-14(2,11-4-3-5-12(16)8-11)13(18)17-9-15(19)6-7-20-10-15/h3-5,8,19H,6-7,9-10H2,1-2H3,(H,17,18)/t15-/m0/s1. The van der Waals surface area contributed by atoms with Crippen molar-refractivity contribution in [2.45, 2.75) is 31.3 Å². The lowest BCUT2D eigenvalue weighted by Gasteiger charge is -2.28. The van der Waals surface area contributed by atoms with Crippen LogP contribution in [0.5, 0.6) is 0 Å². The minimum atomic E-state index is -0.829. The first-order chi connectivity index (χ1) is 9.33. The van der Waals surface area contributed by atoms with E-state index in [-0.39, 0.29) is 18.3 Å². The Morgan fingerprint density at radius 3 is 2.90 bits per heavy atom. The number of carbonyl (C=O) groups is 1. The highest BCUT2D eigenvalue weighted by Crippen LogP contribution is 2.28. The molecule has 1 aliphatic rings. The summed E-state index contributed by atoms with van der Waals surface area (Å²) in [5, 5.41) is 13.0. The van der Waals surface area contributed by atoms with Crippen molar-refractivity contribution in [2.75, 3.05) is 18.1 Å². The number of nitrogens with one attached hydrogen (secondary N) is 1. The van der Waals surface area contributed by atoms with E-state index < -0.39 is 11.0 Å². The topological polar surface area (TPSA) is 49.3 Å². The molecule has 1 atom stereocenters. The van der Waals surface area contributed by atoms with Crippen LogP contribution in [0.25, 0.3) is 0 Å². The highest BCUT2D eigenvalue weighted by molar-refractivity contribution is 7.99. The van der Waals surface area contributed by atoms with Crippen molar-refractivity contribution >= 4 is 17.7 Å². The van der Waals surface area contributed by atoms with Gasteiger partial charge in [0, 0.05) is 12.3 Å². The average molecular weight is 297 g/mol. The maximum Gasteiger partial charge on any atom is 0.230 e. The normalized spacial score (nSPS) is 22.8. The highest BCUT2D eigenvalue weighted by Gasteiger charge is 2.35. The average Bonchev–Trinajstić information content (AvgIpc) is 2.83. The zero-order valence-electron chi connectivity index (χ0n) is 11.8. The summed E-state index contributed by atoms with van der Waals surface area (Å²) >= 11 is 1.69. The quantitative estimate of drug-likeness (QED) is 0.894. The molecule has 0 aromatic heterocycles. The number of hydrogen-bond donors (Lipinski definition) is 2. The Balaban J connectivity index is 2.03. The highest BCUT2D eigenvalue weighted by atomic mass is 32.2. The molecule has 0 aliphatic carbocycles. The maximum absolute atomic E-state index is 13.3. The second-order valence-electron chi connectivity index (χ2n) is 5.84. The van der Waals surface area contributed by atoms with Crippen LogP contribution in [0.2, 0.25) is 0 Å². The Morgan fingerprint density at radius 1 is 1.55 bits per heavy atom. The predicted octanol–water partition coefficient (Wildman–Crippen LogP) is 2.09. The van der Waals surface area contributed by atoms with E-state index in [1.807, 2.05) is 0 Å². The molecule has 0 bridgehead atoms. The Hall–Kier alpha value is -1.07. The number of benzene rings is 1. The minimum absolute atomic E-state index is 0.201. The molecule has 0 radical (unpaired) electrons. The maximum atomic E-state index is 13.3. The molecule has 0 unspecified atom stereocenters. The van der Waals surface area contributed by atoms with Gasteiger partial charge in [0.15, 0.2) is 0 Å². The molecule has 1 aromatic rings. The van der Waals surface area contributed by atoms with Gasteiger partial charge in [-0.25, -0.2) is 4.39 Å². The predicted molar refractivity (Wildman–Crippen MR) is 79.3 cm³/mol. The molecule has 3 nitrogen and oxygen atoms in total. The van der Waals surface area contributed by atoms with Gasteiger partial charge in [-0.2, -0.15) is 11.8 Å². The van der Waals surface area contributed by atoms with E-state index >= 15 is 0 Å². The number of carbonyl (C=O) groups excluding carboxylic acids is 1. The summed E-state index contributed by atoms with van der Waals surface area (Å²) in [5.41, 5.74) is -1.01. The van der Waals surface area contributed by atoms with E-state index in [1.54, 1.807) is 37.7 Å². The Morgan fingerprint density at radius 2 is 2.30 bits per heavy atom. The summed E-state index contributed by atoms with van der Waals surface area (Å²) in [6.45, 7) is 3.76. The fourth-order valence-corrected chi connectivity index (χ4v) is 3.50. The summed E-state index contributed by atoms with van der Waals surface area (Å²) < 4.78 is 13.3. The van der Waals surface area contributed by atoms with Gasteiger partial charge < -0.3 is 10.4 Å². The fourth-order valence-electron chi connectivity index (χ4n) is 2.21. The van der Waals surface area contributed by atoms with Gasteiger partial charge in [-0.05, 0) is 43.7 Å². The molecule has 1 aliphatic heterocycles. The summed E-state index contributed by atoms with van der Waals surface area (Å²) in [4.78, 5) is 12.3. The van der Waals surface area contributed by atoms with Crippen molar-refractivity contribution in [1.82, 2.24) is 5.32 Å². The van der Waals surface area contributed by atoms with Crippen LogP contribution in [0, 0.1) is 5.82 Å². The second kappa shape index (κ2) is 5.74. The van der Waals surface area contributed by atoms with Gasteiger partial charge in [0.05, 0.1) is 11.0 Å². The van der Waals surface area contributed by atoms with E-state index in [1.165, 1.54) is 12.1 Å². The molecular weight excluding hydrogens is 277 g/mol. The molecule has 1 heterocycles. The van der Waals surface area contributed by atoms with E-state index in [0.717, 1.165) is 5.75 Å². The van der Waals surface area contributed by atoms with Crippen molar-refractivity contribution in [3.05, 3.63) is 35.6 Å². The summed E-state index contributed by atoms with van der Waals surface area (Å²) in [5.74, 6) is 1.01. The monoisotopic (exact) mass is 297 g/mol. The van der Waals surface area contributed by atoms with E-state index in [4.69, 9.17) is 0 Å². The molecule has 20 heavy (non-hydrogen) atoms. The van der Waals surface area contributed by atoms with Crippen molar-refractivity contribution in [1.29, 1.82) is 0 Å². The zero-order valence-corrected chi connectivity index (χ0v) is 12.6. The second-order valence-corrected chi connectivity index (χ2v) is 6.95. The molecule has 1 fully saturated rings. The van der Waals surface area contributed by atoms with Crippen LogP contribution in [0.4, 0.5) is 4.39 Å². The largest absolute Gasteiger partial charge is 0.387 e. The molecule has 5 heteroatoms. The van der Waals surface area contributed by atoms with E-state index in [9.17, 15) is 14.3 Å². The fraction of sp³-hybridized carbons (Fsp3) is 0.533.